The van der Waals surface area contributed by atoms with Crippen LogP contribution in [0, 0.1) is 0 Å². The van der Waals surface area contributed by atoms with Gasteiger partial charge in [-0.15, -0.1) is 0 Å². The van der Waals surface area contributed by atoms with Crippen LogP contribution < -0.4 is 10.2 Å². The highest BCUT2D eigenvalue weighted by atomic mass is 35.5. The van der Waals surface area contributed by atoms with E-state index in [9.17, 15) is 9.59 Å². The molecule has 0 bridgehead atoms. The molecule has 1 N–H and O–H groups in total. The minimum absolute atomic E-state index is 0.152. The average molecular weight is 329 g/mol. The Balaban J connectivity index is 1.82. The number of anilines is 2. The van der Waals surface area contributed by atoms with Gasteiger partial charge in [0.1, 0.15) is 6.04 Å². The third kappa shape index (κ3) is 3.08. The van der Waals surface area contributed by atoms with Crippen LogP contribution >= 0.6 is 11.6 Å². The van der Waals surface area contributed by atoms with E-state index in [1.165, 1.54) is 4.90 Å². The monoisotopic (exact) mass is 328 g/mol. The maximum absolute atomic E-state index is 12.6. The van der Waals surface area contributed by atoms with Gasteiger partial charge < -0.3 is 5.32 Å². The molecule has 0 radical (unpaired) electrons. The van der Waals surface area contributed by atoms with Gasteiger partial charge in [-0.25, -0.2) is 4.90 Å². The van der Waals surface area contributed by atoms with Crippen LogP contribution in [-0.4, -0.2) is 17.9 Å². The minimum atomic E-state index is -0.536. The molecule has 1 aliphatic rings. The number of aryl methyl sites for hydroxylation is 1. The van der Waals surface area contributed by atoms with Crippen molar-refractivity contribution in [2.75, 3.05) is 10.2 Å². The number of nitrogens with zero attached hydrogens (tertiary/aromatic N) is 1. The summed E-state index contributed by atoms with van der Waals surface area (Å²) in [6.07, 6.45) is 1.01. The van der Waals surface area contributed by atoms with Crippen molar-refractivity contribution < 1.29 is 9.59 Å². The van der Waals surface area contributed by atoms with Crippen molar-refractivity contribution in [2.45, 2.75) is 25.8 Å². The van der Waals surface area contributed by atoms with E-state index in [2.05, 4.69) is 12.2 Å². The van der Waals surface area contributed by atoms with Gasteiger partial charge in [-0.1, -0.05) is 36.7 Å². The molecule has 2 aromatic carbocycles. The first-order valence-corrected chi connectivity index (χ1v) is 7.94. The molecule has 1 saturated heterocycles. The standard InChI is InChI=1S/C18H17ClN2O2/c1-2-12-5-3-4-6-15(12)20-16-11-17(22)21(18(16)23)14-9-7-13(19)8-10-14/h3-10,16,20H,2,11H2,1H3/t16-/m1/s1. The van der Waals surface area contributed by atoms with Gasteiger partial charge in [0.15, 0.2) is 0 Å². The maximum atomic E-state index is 12.6. The van der Waals surface area contributed by atoms with Gasteiger partial charge in [0.05, 0.1) is 12.1 Å². The Labute approximate surface area is 140 Å². The number of amides is 2. The minimum Gasteiger partial charge on any atom is -0.373 e. The zero-order valence-corrected chi connectivity index (χ0v) is 13.5. The van der Waals surface area contributed by atoms with Gasteiger partial charge in [-0.05, 0) is 42.3 Å². The second kappa shape index (κ2) is 6.42. The predicted molar refractivity (Wildman–Crippen MR) is 91.8 cm³/mol. The van der Waals surface area contributed by atoms with Crippen LogP contribution in [-0.2, 0) is 16.0 Å². The molecule has 1 atom stereocenters. The normalized spacial score (nSPS) is 17.7. The van der Waals surface area contributed by atoms with Gasteiger partial charge in [0, 0.05) is 10.7 Å². The van der Waals surface area contributed by atoms with Crippen LogP contribution in [0.2, 0.25) is 5.02 Å². The SMILES string of the molecule is CCc1ccccc1N[C@@H]1CC(=O)N(c2ccc(Cl)cc2)C1=O. The topological polar surface area (TPSA) is 49.4 Å². The molecule has 4 nitrogen and oxygen atoms in total. The van der Waals surface area contributed by atoms with Gasteiger partial charge >= 0.3 is 0 Å². The van der Waals surface area contributed by atoms with Gasteiger partial charge in [-0.3, -0.25) is 9.59 Å². The number of hydrogen-bond acceptors (Lipinski definition) is 3. The van der Waals surface area contributed by atoms with Gasteiger partial charge in [0.25, 0.3) is 5.91 Å². The smallest absolute Gasteiger partial charge is 0.256 e. The second-order valence-electron chi connectivity index (χ2n) is 5.46. The number of halogens is 1. The lowest BCUT2D eigenvalue weighted by molar-refractivity contribution is -0.121. The first-order chi connectivity index (χ1) is 11.1. The molecular formula is C18H17ClN2O2. The quantitative estimate of drug-likeness (QED) is 0.872. The number of hydrogen-bond donors (Lipinski definition) is 1. The number of carbonyl (C=O) groups excluding carboxylic acids is 2. The van der Waals surface area contributed by atoms with Crippen LogP contribution in [0.15, 0.2) is 48.5 Å². The lowest BCUT2D eigenvalue weighted by Gasteiger charge is -2.17. The van der Waals surface area contributed by atoms with Crippen LogP contribution in [0.1, 0.15) is 18.9 Å². The van der Waals surface area contributed by atoms with E-state index in [-0.39, 0.29) is 18.2 Å². The molecule has 0 aliphatic carbocycles. The van der Waals surface area contributed by atoms with Crippen LogP contribution in [0.3, 0.4) is 0 Å². The van der Waals surface area contributed by atoms with Crippen LogP contribution in [0.25, 0.3) is 0 Å². The number of carbonyl (C=O) groups is 2. The fraction of sp³-hybridized carbons (Fsp3) is 0.222. The summed E-state index contributed by atoms with van der Waals surface area (Å²) < 4.78 is 0. The molecule has 118 valence electrons. The van der Waals surface area contributed by atoms with E-state index >= 15 is 0 Å². The fourth-order valence-corrected chi connectivity index (χ4v) is 2.89. The molecule has 2 aromatic rings. The van der Waals surface area contributed by atoms with E-state index in [1.54, 1.807) is 24.3 Å². The van der Waals surface area contributed by atoms with Crippen molar-refractivity contribution in [1.29, 1.82) is 0 Å². The van der Waals surface area contributed by atoms with Gasteiger partial charge in [-0.2, -0.15) is 0 Å². The second-order valence-corrected chi connectivity index (χ2v) is 5.89. The largest absolute Gasteiger partial charge is 0.373 e. The number of rotatable bonds is 4. The first kappa shape index (κ1) is 15.6. The van der Waals surface area contributed by atoms with Gasteiger partial charge in [0.2, 0.25) is 5.91 Å². The number of imide groups is 1. The highest BCUT2D eigenvalue weighted by Gasteiger charge is 2.39. The van der Waals surface area contributed by atoms with E-state index in [4.69, 9.17) is 11.6 Å². The van der Waals surface area contributed by atoms with Crippen molar-refractivity contribution in [2.24, 2.45) is 0 Å². The van der Waals surface area contributed by atoms with E-state index in [0.717, 1.165) is 17.7 Å². The molecule has 0 unspecified atom stereocenters. The molecule has 2 amide bonds. The Kier molecular flexibility index (Phi) is 4.35. The third-order valence-corrected chi connectivity index (χ3v) is 4.21. The molecule has 3 rings (SSSR count). The van der Waals surface area contributed by atoms with Crippen molar-refractivity contribution in [3.8, 4) is 0 Å². The lowest BCUT2D eigenvalue weighted by Crippen LogP contribution is -2.34. The zero-order valence-electron chi connectivity index (χ0n) is 12.8. The Morgan fingerprint density at radius 1 is 1.13 bits per heavy atom. The molecular weight excluding hydrogens is 312 g/mol. The highest BCUT2D eigenvalue weighted by Crippen LogP contribution is 2.27. The lowest BCUT2D eigenvalue weighted by atomic mass is 10.1. The number of para-hydroxylation sites is 1. The summed E-state index contributed by atoms with van der Waals surface area (Å²) >= 11 is 5.86. The summed E-state index contributed by atoms with van der Waals surface area (Å²) in [5, 5.41) is 3.78. The van der Waals surface area contributed by atoms with Crippen molar-refractivity contribution in [3.05, 3.63) is 59.1 Å². The Morgan fingerprint density at radius 3 is 2.52 bits per heavy atom. The summed E-state index contributed by atoms with van der Waals surface area (Å²) in [6, 6.07) is 14.0. The Hall–Kier alpha value is -2.33. The van der Waals surface area contributed by atoms with Crippen molar-refractivity contribution in [1.82, 2.24) is 0 Å². The third-order valence-electron chi connectivity index (χ3n) is 3.96. The summed E-state index contributed by atoms with van der Waals surface area (Å²) in [5.41, 5.74) is 2.58. The predicted octanol–water partition coefficient (Wildman–Crippen LogP) is 3.65. The van der Waals surface area contributed by atoms with E-state index in [0.29, 0.717) is 10.7 Å². The summed E-state index contributed by atoms with van der Waals surface area (Å²) in [6.45, 7) is 2.06. The fourth-order valence-electron chi connectivity index (χ4n) is 2.76. The van der Waals surface area contributed by atoms with E-state index < -0.39 is 6.04 Å². The molecule has 0 aromatic heterocycles. The van der Waals surface area contributed by atoms with Crippen LogP contribution in [0.4, 0.5) is 11.4 Å². The maximum Gasteiger partial charge on any atom is 0.256 e. The highest BCUT2D eigenvalue weighted by molar-refractivity contribution is 6.30. The summed E-state index contributed by atoms with van der Waals surface area (Å²) in [7, 11) is 0. The molecule has 1 aliphatic heterocycles. The van der Waals surface area contributed by atoms with Crippen molar-refractivity contribution >= 4 is 34.8 Å². The molecule has 0 spiro atoms. The Bertz CT molecular complexity index is 743. The average Bonchev–Trinajstić information content (AvgIpc) is 2.83. The Morgan fingerprint density at radius 2 is 1.83 bits per heavy atom. The molecule has 0 saturated carbocycles. The van der Waals surface area contributed by atoms with Crippen LogP contribution in [0.5, 0.6) is 0 Å². The first-order valence-electron chi connectivity index (χ1n) is 7.57. The van der Waals surface area contributed by atoms with E-state index in [1.807, 2.05) is 24.3 Å². The summed E-state index contributed by atoms with van der Waals surface area (Å²) in [4.78, 5) is 26.1. The molecule has 23 heavy (non-hydrogen) atoms. The summed E-state index contributed by atoms with van der Waals surface area (Å²) in [5.74, 6) is -0.438. The van der Waals surface area contributed by atoms with Crippen molar-refractivity contribution in [3.63, 3.8) is 0 Å². The zero-order chi connectivity index (χ0) is 16.4. The molecule has 5 heteroatoms. The molecule has 1 heterocycles. The number of nitrogens with one attached hydrogen (secondary N) is 1. The number of benzene rings is 2. The molecule has 1 fully saturated rings.